The molecule has 9 heteroatoms. The number of aliphatic imine (C=N–C) groups is 1. The fourth-order valence-corrected chi connectivity index (χ4v) is 5.62. The van der Waals surface area contributed by atoms with Gasteiger partial charge in [-0.15, -0.1) is 0 Å². The summed E-state index contributed by atoms with van der Waals surface area (Å²) < 4.78 is 10.9. The van der Waals surface area contributed by atoms with Gasteiger partial charge in [0.15, 0.2) is 5.17 Å². The smallest absolute Gasteiger partial charge is 0.338 e. The molecule has 0 saturated carbocycles. The number of rotatable bonds is 7. The molecule has 0 aliphatic carbocycles. The number of benzene rings is 1. The first-order valence-corrected chi connectivity index (χ1v) is 12.6. The zero-order chi connectivity index (χ0) is 24.2. The van der Waals surface area contributed by atoms with Gasteiger partial charge in [0.2, 0.25) is 5.91 Å². The van der Waals surface area contributed by atoms with Crippen molar-refractivity contribution >= 4 is 28.8 Å². The molecule has 0 N–H and O–H groups in total. The minimum Gasteiger partial charge on any atom is -0.496 e. The van der Waals surface area contributed by atoms with Crippen LogP contribution in [0.25, 0.3) is 0 Å². The van der Waals surface area contributed by atoms with Crippen molar-refractivity contribution in [2.24, 2.45) is 4.99 Å². The van der Waals surface area contributed by atoms with Gasteiger partial charge in [0.1, 0.15) is 5.75 Å². The summed E-state index contributed by atoms with van der Waals surface area (Å²) in [6.07, 6.45) is 0.837. The third kappa shape index (κ3) is 4.59. The van der Waals surface area contributed by atoms with Gasteiger partial charge in [-0.05, 0) is 24.4 Å². The van der Waals surface area contributed by atoms with Gasteiger partial charge < -0.3 is 24.2 Å². The molecule has 0 bridgehead atoms. The number of carbonyl (C=O) groups is 2. The molecule has 34 heavy (non-hydrogen) atoms. The van der Waals surface area contributed by atoms with Gasteiger partial charge in [0, 0.05) is 37.4 Å². The highest BCUT2D eigenvalue weighted by Crippen LogP contribution is 2.47. The number of hydrogen-bond acceptors (Lipinski definition) is 8. The summed E-state index contributed by atoms with van der Waals surface area (Å²) in [6.45, 7) is 8.38. The molecule has 0 aromatic heterocycles. The van der Waals surface area contributed by atoms with Gasteiger partial charge in [-0.3, -0.25) is 4.79 Å². The highest BCUT2D eigenvalue weighted by Gasteiger charge is 2.42. The topological polar surface area (TPSA) is 74.7 Å². The number of amides is 1. The maximum absolute atomic E-state index is 13.2. The Balaban J connectivity index is 1.69. The Bertz CT molecular complexity index is 1040. The Morgan fingerprint density at radius 2 is 1.85 bits per heavy atom. The van der Waals surface area contributed by atoms with Crippen molar-refractivity contribution in [3.05, 3.63) is 52.2 Å². The fraction of sp³-hybridized carbons (Fsp3) is 0.480. The van der Waals surface area contributed by atoms with E-state index >= 15 is 0 Å². The maximum atomic E-state index is 13.2. The van der Waals surface area contributed by atoms with E-state index in [1.165, 1.54) is 18.9 Å². The Hall–Kier alpha value is -2.78. The quantitative estimate of drug-likeness (QED) is 0.549. The number of nitrogens with zero attached hydrogens (tertiary/aromatic N) is 4. The second-order valence-corrected chi connectivity index (χ2v) is 9.17. The van der Waals surface area contributed by atoms with Crippen LogP contribution in [0.2, 0.25) is 0 Å². The zero-order valence-corrected chi connectivity index (χ0v) is 21.1. The van der Waals surface area contributed by atoms with Crippen LogP contribution >= 0.6 is 11.8 Å². The molecule has 1 amide bonds. The SMILES string of the molecule is CCC1=C(C(=O)OC)[C@@H](c2ccccc2OC)N2C(CC(=O)N3CCN(CC)CC3)=CSC2=N1. The van der Waals surface area contributed by atoms with Crippen LogP contribution in [0, 0.1) is 0 Å². The highest BCUT2D eigenvalue weighted by atomic mass is 32.2. The molecule has 0 unspecified atom stereocenters. The first-order valence-electron chi connectivity index (χ1n) is 11.7. The molecular weight excluding hydrogens is 452 g/mol. The van der Waals surface area contributed by atoms with Crippen molar-refractivity contribution in [2.75, 3.05) is 46.9 Å². The van der Waals surface area contributed by atoms with Gasteiger partial charge in [0.05, 0.1) is 38.0 Å². The van der Waals surface area contributed by atoms with Gasteiger partial charge >= 0.3 is 5.97 Å². The normalized spacial score (nSPS) is 20.6. The Labute approximate surface area is 205 Å². The third-order valence-corrected chi connectivity index (χ3v) is 7.46. The molecule has 3 aliphatic rings. The van der Waals surface area contributed by atoms with Crippen molar-refractivity contribution in [3.63, 3.8) is 0 Å². The zero-order valence-electron chi connectivity index (χ0n) is 20.2. The summed E-state index contributed by atoms with van der Waals surface area (Å²) in [6, 6.07) is 7.17. The van der Waals surface area contributed by atoms with Crippen LogP contribution in [0.5, 0.6) is 5.75 Å². The molecule has 1 saturated heterocycles. The Kier molecular flexibility index (Phi) is 7.63. The lowest BCUT2D eigenvalue weighted by Gasteiger charge is -2.38. The van der Waals surface area contributed by atoms with E-state index in [-0.39, 0.29) is 12.3 Å². The number of para-hydroxylation sites is 1. The van der Waals surface area contributed by atoms with Crippen molar-refractivity contribution < 1.29 is 19.1 Å². The summed E-state index contributed by atoms with van der Waals surface area (Å²) in [7, 11) is 3.00. The molecular formula is C25H32N4O4S. The van der Waals surface area contributed by atoms with E-state index in [0.29, 0.717) is 23.4 Å². The second-order valence-electron chi connectivity index (χ2n) is 8.33. The number of piperazine rings is 1. The first-order chi connectivity index (χ1) is 16.5. The predicted octanol–water partition coefficient (Wildman–Crippen LogP) is 3.39. The monoisotopic (exact) mass is 484 g/mol. The average Bonchev–Trinajstić information content (AvgIpc) is 3.29. The van der Waals surface area contributed by atoms with Crippen molar-refractivity contribution in [2.45, 2.75) is 32.7 Å². The predicted molar refractivity (Wildman–Crippen MR) is 133 cm³/mol. The van der Waals surface area contributed by atoms with Crippen LogP contribution in [0.3, 0.4) is 0 Å². The van der Waals surface area contributed by atoms with Crippen LogP contribution in [0.4, 0.5) is 0 Å². The van der Waals surface area contributed by atoms with Gasteiger partial charge in [0.25, 0.3) is 0 Å². The molecule has 3 aliphatic heterocycles. The highest BCUT2D eigenvalue weighted by molar-refractivity contribution is 8.16. The van der Waals surface area contributed by atoms with E-state index in [1.807, 2.05) is 46.4 Å². The van der Waals surface area contributed by atoms with Gasteiger partial charge in [-0.2, -0.15) is 0 Å². The Morgan fingerprint density at radius 1 is 1.12 bits per heavy atom. The fourth-order valence-electron chi connectivity index (χ4n) is 4.68. The van der Waals surface area contributed by atoms with E-state index in [4.69, 9.17) is 14.5 Å². The van der Waals surface area contributed by atoms with E-state index in [2.05, 4.69) is 11.8 Å². The van der Waals surface area contributed by atoms with Crippen molar-refractivity contribution in [3.8, 4) is 5.75 Å². The lowest BCUT2D eigenvalue weighted by molar-refractivity contribution is -0.136. The first kappa shape index (κ1) is 24.3. The molecule has 1 aromatic rings. The number of carbonyl (C=O) groups excluding carboxylic acids is 2. The van der Waals surface area contributed by atoms with Crippen LogP contribution in [-0.4, -0.2) is 78.7 Å². The van der Waals surface area contributed by atoms with Gasteiger partial charge in [-0.25, -0.2) is 9.79 Å². The minimum absolute atomic E-state index is 0.0903. The molecule has 1 atom stereocenters. The molecule has 0 radical (unpaired) electrons. The van der Waals surface area contributed by atoms with Crippen LogP contribution in [-0.2, 0) is 14.3 Å². The number of allylic oxidation sites excluding steroid dienone is 1. The van der Waals surface area contributed by atoms with Crippen LogP contribution < -0.4 is 4.74 Å². The number of ether oxygens (including phenoxy) is 2. The van der Waals surface area contributed by atoms with Crippen molar-refractivity contribution in [1.82, 2.24) is 14.7 Å². The third-order valence-electron chi connectivity index (χ3n) is 6.57. The Morgan fingerprint density at radius 3 is 2.50 bits per heavy atom. The van der Waals surface area contributed by atoms with Crippen LogP contribution in [0.1, 0.15) is 38.3 Å². The largest absolute Gasteiger partial charge is 0.496 e. The number of fused-ring (bicyclic) bond motifs is 1. The number of hydrogen-bond donors (Lipinski definition) is 0. The lowest BCUT2D eigenvalue weighted by atomic mass is 9.92. The summed E-state index contributed by atoms with van der Waals surface area (Å²) in [4.78, 5) is 37.4. The lowest BCUT2D eigenvalue weighted by Crippen LogP contribution is -2.49. The number of thioether (sulfide) groups is 1. The summed E-state index contributed by atoms with van der Waals surface area (Å²) in [5.41, 5.74) is 2.84. The molecule has 1 fully saturated rings. The van der Waals surface area contributed by atoms with E-state index in [0.717, 1.165) is 49.2 Å². The molecule has 8 nitrogen and oxygen atoms in total. The molecule has 3 heterocycles. The number of likely N-dealkylation sites (N-methyl/N-ethyl adjacent to an activating group) is 1. The summed E-state index contributed by atoms with van der Waals surface area (Å²) in [5, 5.41) is 2.74. The van der Waals surface area contributed by atoms with E-state index in [1.54, 1.807) is 7.11 Å². The minimum atomic E-state index is -0.489. The summed E-state index contributed by atoms with van der Waals surface area (Å²) >= 11 is 1.49. The molecule has 4 rings (SSSR count). The van der Waals surface area contributed by atoms with Gasteiger partial charge in [-0.1, -0.05) is 43.8 Å². The molecule has 0 spiro atoms. The number of esters is 1. The molecule has 1 aromatic carbocycles. The van der Waals surface area contributed by atoms with E-state index < -0.39 is 12.0 Å². The van der Waals surface area contributed by atoms with Crippen molar-refractivity contribution in [1.29, 1.82) is 0 Å². The maximum Gasteiger partial charge on any atom is 0.338 e. The standard InChI is InChI=1S/C25H32N4O4S/c1-5-19-22(24(31)33-4)23(18-9-7-8-10-20(18)32-3)29-17(16-34-25(29)26-19)15-21(30)28-13-11-27(6-2)12-14-28/h7-10,16,23H,5-6,11-15H2,1-4H3/t23-/m1/s1. The number of amidine groups is 1. The average molecular weight is 485 g/mol. The van der Waals surface area contributed by atoms with Crippen LogP contribution in [0.15, 0.2) is 51.6 Å². The number of methoxy groups -OCH3 is 2. The molecule has 182 valence electrons. The summed E-state index contributed by atoms with van der Waals surface area (Å²) in [5.74, 6) is 0.338. The van der Waals surface area contributed by atoms with E-state index in [9.17, 15) is 9.59 Å². The second kappa shape index (κ2) is 10.7.